The lowest BCUT2D eigenvalue weighted by Crippen LogP contribution is -2.21. The van der Waals surface area contributed by atoms with Gasteiger partial charge in [-0.25, -0.2) is 14.2 Å². The summed E-state index contributed by atoms with van der Waals surface area (Å²) in [7, 11) is 1.67. The van der Waals surface area contributed by atoms with Gasteiger partial charge in [0.25, 0.3) is 0 Å². The number of fused-ring (bicyclic) bond motifs is 1. The second kappa shape index (κ2) is 12.4. The predicted octanol–water partition coefficient (Wildman–Crippen LogP) is 6.97. The highest BCUT2D eigenvalue weighted by molar-refractivity contribution is 5.80. The predicted molar refractivity (Wildman–Crippen MR) is 144 cm³/mol. The minimum atomic E-state index is -5.08. The van der Waals surface area contributed by atoms with Gasteiger partial charge in [0.1, 0.15) is 17.4 Å². The molecule has 4 aromatic carbocycles. The number of carboxylic acid groups (broad SMARTS) is 1. The summed E-state index contributed by atoms with van der Waals surface area (Å²) < 4.78 is 50.4. The molecule has 6 nitrogen and oxygen atoms in total. The lowest BCUT2D eigenvalue weighted by Gasteiger charge is -2.08. The summed E-state index contributed by atoms with van der Waals surface area (Å²) in [5.41, 5.74) is 7.11. The molecule has 0 bridgehead atoms. The molecule has 0 fully saturated rings. The van der Waals surface area contributed by atoms with Gasteiger partial charge in [-0.1, -0.05) is 54.6 Å². The van der Waals surface area contributed by atoms with Crippen LogP contribution in [0.15, 0.2) is 91.0 Å². The molecule has 206 valence electrons. The zero-order chi connectivity index (χ0) is 28.7. The van der Waals surface area contributed by atoms with E-state index in [1.807, 2.05) is 24.3 Å². The Labute approximate surface area is 227 Å². The van der Waals surface area contributed by atoms with Crippen LogP contribution >= 0.6 is 0 Å². The van der Waals surface area contributed by atoms with Gasteiger partial charge in [0.05, 0.1) is 18.1 Å². The lowest BCUT2D eigenvalue weighted by atomic mass is 10.0. The van der Waals surface area contributed by atoms with Gasteiger partial charge in [-0.05, 0) is 58.7 Å². The highest BCUT2D eigenvalue weighted by Gasteiger charge is 2.38. The van der Waals surface area contributed by atoms with E-state index in [2.05, 4.69) is 63.8 Å². The maximum atomic E-state index is 13.5. The molecule has 0 aliphatic heterocycles. The van der Waals surface area contributed by atoms with Gasteiger partial charge >= 0.3 is 12.1 Å². The van der Waals surface area contributed by atoms with Crippen LogP contribution in [0.3, 0.4) is 0 Å². The van der Waals surface area contributed by atoms with E-state index < -0.39 is 12.1 Å². The van der Waals surface area contributed by atoms with Crippen molar-refractivity contribution in [1.29, 1.82) is 0 Å². The number of rotatable bonds is 7. The molecule has 10 heteroatoms. The van der Waals surface area contributed by atoms with Crippen molar-refractivity contribution in [1.82, 2.24) is 15.3 Å². The number of carbonyl (C=O) groups is 1. The third-order valence-electron chi connectivity index (χ3n) is 5.93. The molecule has 5 rings (SSSR count). The number of aromatic amines is 1. The van der Waals surface area contributed by atoms with Crippen LogP contribution in [0.2, 0.25) is 0 Å². The van der Waals surface area contributed by atoms with E-state index in [0.29, 0.717) is 5.52 Å². The van der Waals surface area contributed by atoms with Gasteiger partial charge in [0.15, 0.2) is 0 Å². The van der Waals surface area contributed by atoms with E-state index in [1.54, 1.807) is 13.2 Å². The first kappa shape index (κ1) is 28.3. The Morgan fingerprint density at radius 3 is 2.08 bits per heavy atom. The molecule has 0 aliphatic carbocycles. The lowest BCUT2D eigenvalue weighted by molar-refractivity contribution is -0.192. The molecular weight excluding hydrogens is 526 g/mol. The molecule has 1 aromatic heterocycles. The summed E-state index contributed by atoms with van der Waals surface area (Å²) >= 11 is 0. The number of nitrogens with one attached hydrogen (secondary N) is 2. The first-order valence-electron chi connectivity index (χ1n) is 12.1. The number of carboxylic acids is 1. The van der Waals surface area contributed by atoms with Crippen molar-refractivity contribution < 1.29 is 32.2 Å². The van der Waals surface area contributed by atoms with E-state index in [4.69, 9.17) is 14.6 Å². The zero-order valence-corrected chi connectivity index (χ0v) is 21.3. The minimum absolute atomic E-state index is 0.273. The molecule has 0 aliphatic rings. The maximum Gasteiger partial charge on any atom is 0.490 e. The van der Waals surface area contributed by atoms with E-state index in [9.17, 15) is 17.6 Å². The maximum absolute atomic E-state index is 13.5. The number of aromatic nitrogens is 2. The highest BCUT2D eigenvalue weighted by atomic mass is 19.4. The molecular formula is C30H25F4N3O3. The fraction of sp³-hybridized carbons (Fsp3) is 0.133. The number of imidazole rings is 1. The summed E-state index contributed by atoms with van der Waals surface area (Å²) in [4.78, 5) is 16.7. The number of hydrogen-bond donors (Lipinski definition) is 3. The largest absolute Gasteiger partial charge is 0.497 e. The van der Waals surface area contributed by atoms with Gasteiger partial charge in [0.2, 0.25) is 0 Å². The summed E-state index contributed by atoms with van der Waals surface area (Å²) in [5, 5.41) is 10.6. The van der Waals surface area contributed by atoms with Crippen LogP contribution in [0.1, 0.15) is 11.1 Å². The number of alkyl halides is 3. The number of ether oxygens (including phenoxy) is 1. The number of benzene rings is 4. The standard InChI is InChI=1S/C28H24FN3O.C2HF3O2/c1-33-25-12-7-20(8-13-25)18-30-17-19-5-9-21(10-6-19)22-3-2-4-23(15-22)28-31-26-14-11-24(29)16-27(26)32-28;3-2(4,5)1(6)7/h2-16,30H,17-18H2,1H3,(H,31,32);(H,6,7). The summed E-state index contributed by atoms with van der Waals surface area (Å²) in [5.74, 6) is -1.43. The second-order valence-corrected chi connectivity index (χ2v) is 8.78. The first-order valence-corrected chi connectivity index (χ1v) is 12.1. The number of nitrogens with zero attached hydrogens (tertiary/aromatic N) is 1. The summed E-state index contributed by atoms with van der Waals surface area (Å²) in [6.45, 7) is 1.59. The molecule has 0 saturated carbocycles. The third-order valence-corrected chi connectivity index (χ3v) is 5.93. The van der Waals surface area contributed by atoms with Crippen molar-refractivity contribution in [2.24, 2.45) is 0 Å². The molecule has 0 unspecified atom stereocenters. The quantitative estimate of drug-likeness (QED) is 0.190. The fourth-order valence-electron chi connectivity index (χ4n) is 3.87. The van der Waals surface area contributed by atoms with E-state index in [-0.39, 0.29) is 5.82 Å². The smallest absolute Gasteiger partial charge is 0.490 e. The topological polar surface area (TPSA) is 87.2 Å². The fourth-order valence-corrected chi connectivity index (χ4v) is 3.87. The SMILES string of the molecule is COc1ccc(CNCc2ccc(-c3cccc(-c4nc5ccc(F)cc5[nH]4)c3)cc2)cc1.O=C(O)C(F)(F)F. The minimum Gasteiger partial charge on any atom is -0.497 e. The van der Waals surface area contributed by atoms with Crippen molar-refractivity contribution in [3.8, 4) is 28.3 Å². The Hall–Kier alpha value is -4.70. The molecule has 1 heterocycles. The molecule has 3 N–H and O–H groups in total. The zero-order valence-electron chi connectivity index (χ0n) is 21.3. The van der Waals surface area contributed by atoms with Crippen LogP contribution in [0.5, 0.6) is 5.75 Å². The van der Waals surface area contributed by atoms with E-state index in [0.717, 1.165) is 46.9 Å². The average molecular weight is 552 g/mol. The summed E-state index contributed by atoms with van der Waals surface area (Å²) in [6, 6.07) is 29.5. The summed E-state index contributed by atoms with van der Waals surface area (Å²) in [6.07, 6.45) is -5.08. The first-order chi connectivity index (χ1) is 19.1. The number of aliphatic carboxylic acids is 1. The Morgan fingerprint density at radius 2 is 1.48 bits per heavy atom. The van der Waals surface area contributed by atoms with Crippen molar-refractivity contribution in [3.63, 3.8) is 0 Å². The second-order valence-electron chi connectivity index (χ2n) is 8.78. The van der Waals surface area contributed by atoms with Crippen LogP contribution in [-0.2, 0) is 17.9 Å². The van der Waals surface area contributed by atoms with Crippen molar-refractivity contribution in [2.45, 2.75) is 19.3 Å². The monoisotopic (exact) mass is 551 g/mol. The van der Waals surface area contributed by atoms with Crippen LogP contribution in [0.4, 0.5) is 17.6 Å². The van der Waals surface area contributed by atoms with Gasteiger partial charge in [-0.15, -0.1) is 0 Å². The Morgan fingerprint density at radius 1 is 0.875 bits per heavy atom. The van der Waals surface area contributed by atoms with Gasteiger partial charge < -0.3 is 20.1 Å². The molecule has 0 radical (unpaired) electrons. The number of halogens is 4. The van der Waals surface area contributed by atoms with Crippen LogP contribution in [-0.4, -0.2) is 34.3 Å². The highest BCUT2D eigenvalue weighted by Crippen LogP contribution is 2.27. The molecule has 40 heavy (non-hydrogen) atoms. The normalized spacial score (nSPS) is 11.1. The Balaban J connectivity index is 0.000000470. The van der Waals surface area contributed by atoms with Crippen LogP contribution in [0, 0.1) is 5.82 Å². The molecule has 0 amide bonds. The van der Waals surface area contributed by atoms with Crippen LogP contribution < -0.4 is 10.1 Å². The molecule has 0 saturated heterocycles. The molecule has 5 aromatic rings. The van der Waals surface area contributed by atoms with Gasteiger partial charge in [-0.3, -0.25) is 0 Å². The number of H-pyrrole nitrogens is 1. The van der Waals surface area contributed by atoms with Crippen molar-refractivity contribution in [3.05, 3.63) is 108 Å². The van der Waals surface area contributed by atoms with Crippen molar-refractivity contribution in [2.75, 3.05) is 7.11 Å². The number of methoxy groups -OCH3 is 1. The van der Waals surface area contributed by atoms with E-state index >= 15 is 0 Å². The number of hydrogen-bond acceptors (Lipinski definition) is 4. The average Bonchev–Trinajstić information content (AvgIpc) is 3.37. The molecule has 0 atom stereocenters. The van der Waals surface area contributed by atoms with E-state index in [1.165, 1.54) is 23.3 Å². The Bertz CT molecular complexity index is 1580. The Kier molecular flexibility index (Phi) is 8.80. The van der Waals surface area contributed by atoms with Crippen LogP contribution in [0.25, 0.3) is 33.5 Å². The van der Waals surface area contributed by atoms with Crippen molar-refractivity contribution >= 4 is 17.0 Å². The molecule has 0 spiro atoms. The van der Waals surface area contributed by atoms with Gasteiger partial charge in [-0.2, -0.15) is 13.2 Å². The third kappa shape index (κ3) is 7.45. The van der Waals surface area contributed by atoms with Gasteiger partial charge in [0, 0.05) is 18.7 Å².